The quantitative estimate of drug-likeness (QED) is 0.571. The van der Waals surface area contributed by atoms with E-state index >= 15 is 0 Å². The maximum Gasteiger partial charge on any atom is 0.509 e. The number of hydrogen-bond donors (Lipinski definition) is 0. The van der Waals surface area contributed by atoms with Crippen molar-refractivity contribution in [3.8, 4) is 0 Å². The summed E-state index contributed by atoms with van der Waals surface area (Å²) in [5, 5.41) is 0. The molecule has 12 heavy (non-hydrogen) atoms. The van der Waals surface area contributed by atoms with Crippen LogP contribution in [0.1, 0.15) is 11.1 Å². The first kappa shape index (κ1) is 9.17. The normalized spacial score (nSPS) is 11.8. The van der Waals surface area contributed by atoms with Crippen LogP contribution in [-0.4, -0.2) is 6.98 Å². The summed E-state index contributed by atoms with van der Waals surface area (Å²) in [6, 6.07) is 4.07. The summed E-state index contributed by atoms with van der Waals surface area (Å²) in [5.41, 5.74) is 0.806. The zero-order valence-electron chi connectivity index (χ0n) is 6.94. The van der Waals surface area contributed by atoms with Crippen LogP contribution in [0.5, 0.6) is 0 Å². The number of hydrogen-bond acceptors (Lipinski definition) is 0. The minimum absolute atomic E-state index is 0.507. The van der Waals surface area contributed by atoms with Gasteiger partial charge in [-0.2, -0.15) is 0 Å². The Bertz CT molecular complexity index is 271. The molecular formula is C8H9BF3-. The van der Waals surface area contributed by atoms with Gasteiger partial charge >= 0.3 is 6.98 Å². The molecule has 0 fully saturated rings. The summed E-state index contributed by atoms with van der Waals surface area (Å²) in [5.74, 6) is 0. The molecular weight excluding hydrogens is 164 g/mol. The molecule has 0 aliphatic heterocycles. The lowest BCUT2D eigenvalue weighted by molar-refractivity contribution is 0.501. The second kappa shape index (κ2) is 2.85. The summed E-state index contributed by atoms with van der Waals surface area (Å²) in [6.07, 6.45) is 0. The summed E-state index contributed by atoms with van der Waals surface area (Å²) in [6.45, 7) is -1.51. The molecule has 0 saturated heterocycles. The molecule has 0 aliphatic carbocycles. The first-order valence-corrected chi connectivity index (χ1v) is 3.68. The number of rotatable bonds is 1. The third-order valence-electron chi connectivity index (χ3n) is 1.62. The van der Waals surface area contributed by atoms with E-state index in [1.807, 2.05) is 0 Å². The van der Waals surface area contributed by atoms with Crippen molar-refractivity contribution >= 4 is 12.4 Å². The summed E-state index contributed by atoms with van der Waals surface area (Å²) >= 11 is 0. The Balaban J connectivity index is 3.18. The first-order valence-electron chi connectivity index (χ1n) is 3.68. The average Bonchev–Trinajstić information content (AvgIpc) is 1.82. The fourth-order valence-corrected chi connectivity index (χ4v) is 1.20. The second-order valence-corrected chi connectivity index (χ2v) is 3.00. The molecule has 4 heteroatoms. The Kier molecular flexibility index (Phi) is 2.17. The molecule has 0 N–H and O–H groups in total. The minimum Gasteiger partial charge on any atom is -0.445 e. The minimum atomic E-state index is -4.84. The van der Waals surface area contributed by atoms with E-state index in [0.29, 0.717) is 11.1 Å². The Labute approximate surface area is 69.5 Å². The van der Waals surface area contributed by atoms with Crippen LogP contribution in [0.4, 0.5) is 12.9 Å². The van der Waals surface area contributed by atoms with E-state index in [1.165, 1.54) is 12.1 Å². The molecule has 0 nitrogen and oxygen atoms in total. The van der Waals surface area contributed by atoms with Crippen molar-refractivity contribution < 1.29 is 12.9 Å². The van der Waals surface area contributed by atoms with Crippen LogP contribution in [0.25, 0.3) is 0 Å². The van der Waals surface area contributed by atoms with E-state index in [1.54, 1.807) is 19.9 Å². The molecule has 0 amide bonds. The van der Waals surface area contributed by atoms with Crippen LogP contribution in [0, 0.1) is 13.8 Å². The van der Waals surface area contributed by atoms with E-state index in [-0.39, 0.29) is 0 Å². The molecule has 0 saturated carbocycles. The molecule has 0 bridgehead atoms. The van der Waals surface area contributed by atoms with Gasteiger partial charge in [0.2, 0.25) is 0 Å². The predicted molar refractivity (Wildman–Crippen MR) is 44.6 cm³/mol. The van der Waals surface area contributed by atoms with Gasteiger partial charge in [-0.25, -0.2) is 0 Å². The molecule has 0 aromatic heterocycles. The van der Waals surface area contributed by atoms with E-state index < -0.39 is 12.4 Å². The standard InChI is InChI=1S/C8H9BF3/c1-6-3-7(2)5-8(4-6)9(10,11)12/h3-5H,1-2H3/q-1. The van der Waals surface area contributed by atoms with Crippen LogP contribution in [0.2, 0.25) is 0 Å². The lowest BCUT2D eigenvalue weighted by Gasteiger charge is -2.15. The van der Waals surface area contributed by atoms with Gasteiger partial charge in [0.05, 0.1) is 0 Å². The molecule has 66 valence electrons. The zero-order valence-corrected chi connectivity index (χ0v) is 6.94. The van der Waals surface area contributed by atoms with Gasteiger partial charge in [0, 0.05) is 0 Å². The molecule has 0 aliphatic rings. The molecule has 1 aromatic rings. The monoisotopic (exact) mass is 173 g/mol. The number of benzene rings is 1. The van der Waals surface area contributed by atoms with E-state index in [0.717, 1.165) is 0 Å². The van der Waals surface area contributed by atoms with Gasteiger partial charge in [-0.15, -0.1) is 5.46 Å². The van der Waals surface area contributed by atoms with E-state index in [9.17, 15) is 12.9 Å². The second-order valence-electron chi connectivity index (χ2n) is 3.00. The third-order valence-corrected chi connectivity index (χ3v) is 1.62. The van der Waals surface area contributed by atoms with Crippen molar-refractivity contribution in [3.05, 3.63) is 29.3 Å². The van der Waals surface area contributed by atoms with Gasteiger partial charge in [0.1, 0.15) is 0 Å². The maximum atomic E-state index is 12.2. The molecule has 0 unspecified atom stereocenters. The summed E-state index contributed by atoms with van der Waals surface area (Å²) < 4.78 is 36.6. The molecule has 0 spiro atoms. The van der Waals surface area contributed by atoms with Crippen molar-refractivity contribution in [2.24, 2.45) is 0 Å². The maximum absolute atomic E-state index is 12.2. The highest BCUT2D eigenvalue weighted by atomic mass is 19.4. The van der Waals surface area contributed by atoms with Gasteiger partial charge in [-0.3, -0.25) is 0 Å². The number of aryl methyl sites for hydroxylation is 2. The van der Waals surface area contributed by atoms with E-state index in [4.69, 9.17) is 0 Å². The molecule has 0 radical (unpaired) electrons. The van der Waals surface area contributed by atoms with Crippen molar-refractivity contribution in [3.63, 3.8) is 0 Å². The number of halogens is 3. The Morgan fingerprint density at radius 3 is 1.67 bits per heavy atom. The lowest BCUT2D eigenvalue weighted by atomic mass is 9.79. The van der Waals surface area contributed by atoms with Crippen molar-refractivity contribution in [2.75, 3.05) is 0 Å². The zero-order chi connectivity index (χ0) is 9.35. The topological polar surface area (TPSA) is 0 Å². The molecule has 1 aromatic carbocycles. The SMILES string of the molecule is Cc1cc(C)cc([B-](F)(F)F)c1. The van der Waals surface area contributed by atoms with Crippen molar-refractivity contribution in [1.82, 2.24) is 0 Å². The van der Waals surface area contributed by atoms with Crippen molar-refractivity contribution in [1.29, 1.82) is 0 Å². The predicted octanol–water partition coefficient (Wildman–Crippen LogP) is 2.36. The lowest BCUT2D eigenvalue weighted by Crippen LogP contribution is -2.34. The summed E-state index contributed by atoms with van der Waals surface area (Å²) in [7, 11) is 0. The van der Waals surface area contributed by atoms with Gasteiger partial charge in [0.15, 0.2) is 0 Å². The van der Waals surface area contributed by atoms with Crippen LogP contribution < -0.4 is 5.46 Å². The molecule has 0 heterocycles. The largest absolute Gasteiger partial charge is 0.509 e. The fraction of sp³-hybridized carbons (Fsp3) is 0.250. The Morgan fingerprint density at radius 1 is 0.917 bits per heavy atom. The molecule has 1 rings (SSSR count). The first-order chi connectivity index (χ1) is 5.39. The van der Waals surface area contributed by atoms with Gasteiger partial charge in [-0.1, -0.05) is 29.3 Å². The van der Waals surface area contributed by atoms with Crippen molar-refractivity contribution in [2.45, 2.75) is 13.8 Å². The average molecular weight is 173 g/mol. The van der Waals surface area contributed by atoms with Crippen LogP contribution in [0.15, 0.2) is 18.2 Å². The molecule has 0 atom stereocenters. The smallest absolute Gasteiger partial charge is 0.445 e. The van der Waals surface area contributed by atoms with Gasteiger partial charge < -0.3 is 12.9 Å². The highest BCUT2D eigenvalue weighted by molar-refractivity contribution is 6.73. The van der Waals surface area contributed by atoms with Crippen LogP contribution in [0.3, 0.4) is 0 Å². The third kappa shape index (κ3) is 2.03. The van der Waals surface area contributed by atoms with Gasteiger partial charge in [-0.05, 0) is 13.8 Å². The Morgan fingerprint density at radius 2 is 1.33 bits per heavy atom. The van der Waals surface area contributed by atoms with Crippen LogP contribution >= 0.6 is 0 Å². The fourth-order valence-electron chi connectivity index (χ4n) is 1.20. The van der Waals surface area contributed by atoms with Gasteiger partial charge in [0.25, 0.3) is 0 Å². The summed E-state index contributed by atoms with van der Waals surface area (Å²) in [4.78, 5) is 0. The highest BCUT2D eigenvalue weighted by Crippen LogP contribution is 2.11. The highest BCUT2D eigenvalue weighted by Gasteiger charge is 2.25. The van der Waals surface area contributed by atoms with Crippen LogP contribution in [-0.2, 0) is 0 Å². The Hall–Kier alpha value is -0.925. The van der Waals surface area contributed by atoms with E-state index in [2.05, 4.69) is 0 Å².